The van der Waals surface area contributed by atoms with Crippen LogP contribution in [0.1, 0.15) is 58.4 Å². The third-order valence-corrected chi connectivity index (χ3v) is 6.80. The van der Waals surface area contributed by atoms with E-state index < -0.39 is 0 Å². The first kappa shape index (κ1) is 45.5. The Morgan fingerprint density at radius 1 is 1.16 bits per heavy atom. The number of aliphatic imine (C=N–C) groups is 1. The van der Waals surface area contributed by atoms with E-state index in [1.54, 1.807) is 31.7 Å². The van der Waals surface area contributed by atoms with Crippen LogP contribution in [0.2, 0.25) is 0 Å². The van der Waals surface area contributed by atoms with Crippen molar-refractivity contribution in [1.82, 2.24) is 10.2 Å². The van der Waals surface area contributed by atoms with Gasteiger partial charge in [-0.1, -0.05) is 98.5 Å². The number of methoxy groups -OCH3 is 1. The molecule has 0 radical (unpaired) electrons. The first-order chi connectivity index (χ1) is 24.4. The standard InChI is InChI=1S/C29H44N4O3.C7H7F.C3H5N.C2H6/c1-6-7-8-9-10-11-19-35-20-13-17-30-23-29-33(24-31-36-29)18-12-14-25(2)21-26-15-16-27(32(3)4)28(22-26)34-5;8-7-5-3-1-2-4-6-7;1-3-4-2;1-2/h6-10,15-16,21-22,24,29-30H,1,11-14,17-20,23H2,2-5H3;1-3,5-6H,4H2;3H,1-2H2;1-2H3/b8-7-,10-9-,25-21-;;;/t29-;;;/m0.../s1. The van der Waals surface area contributed by atoms with Crippen LogP contribution in [0.3, 0.4) is 0 Å². The molecule has 3 rings (SSSR count). The Bertz CT molecular complexity index is 1270. The zero-order valence-electron chi connectivity index (χ0n) is 31.4. The van der Waals surface area contributed by atoms with Crippen LogP contribution >= 0.6 is 0 Å². The van der Waals surface area contributed by atoms with E-state index >= 15 is 0 Å². The van der Waals surface area contributed by atoms with E-state index in [1.165, 1.54) is 17.8 Å². The van der Waals surface area contributed by atoms with Crippen LogP contribution in [-0.2, 0) is 9.57 Å². The van der Waals surface area contributed by atoms with Gasteiger partial charge < -0.3 is 29.4 Å². The van der Waals surface area contributed by atoms with Crippen LogP contribution in [0.15, 0.2) is 120 Å². The fraction of sp³-hybridized carbons (Fsp3) is 0.415. The normalized spacial score (nSPS) is 14.7. The lowest BCUT2D eigenvalue weighted by Gasteiger charge is -2.22. The summed E-state index contributed by atoms with van der Waals surface area (Å²) in [4.78, 5) is 13.0. The van der Waals surface area contributed by atoms with Gasteiger partial charge in [-0.25, -0.2) is 4.39 Å². The third-order valence-electron chi connectivity index (χ3n) is 6.80. The fourth-order valence-corrected chi connectivity index (χ4v) is 4.35. The Morgan fingerprint density at radius 2 is 1.94 bits per heavy atom. The molecule has 276 valence electrons. The van der Waals surface area contributed by atoms with Gasteiger partial charge in [-0.15, -0.1) is 0 Å². The van der Waals surface area contributed by atoms with Crippen molar-refractivity contribution in [2.45, 2.75) is 59.1 Å². The highest BCUT2D eigenvalue weighted by molar-refractivity contribution is 5.65. The van der Waals surface area contributed by atoms with Gasteiger partial charge in [0.15, 0.2) is 0 Å². The van der Waals surface area contributed by atoms with Gasteiger partial charge in [0, 0.05) is 33.4 Å². The first-order valence-electron chi connectivity index (χ1n) is 17.3. The Balaban J connectivity index is 0.00000143. The van der Waals surface area contributed by atoms with E-state index in [4.69, 9.17) is 14.3 Å². The van der Waals surface area contributed by atoms with Crippen LogP contribution in [0.25, 0.3) is 6.08 Å². The average Bonchev–Trinajstić information content (AvgIpc) is 3.43. The minimum absolute atomic E-state index is 0.0493. The van der Waals surface area contributed by atoms with Gasteiger partial charge in [0.25, 0.3) is 0 Å². The quantitative estimate of drug-likeness (QED) is 0.0886. The number of anilines is 1. The lowest BCUT2D eigenvalue weighted by atomic mass is 10.1. The second-order valence-electron chi connectivity index (χ2n) is 10.9. The molecule has 0 amide bonds. The van der Waals surface area contributed by atoms with Gasteiger partial charge in [-0.3, -0.25) is 4.99 Å². The predicted octanol–water partition coefficient (Wildman–Crippen LogP) is 9.44. The summed E-state index contributed by atoms with van der Waals surface area (Å²) < 4.78 is 23.4. The van der Waals surface area contributed by atoms with Gasteiger partial charge in [0.1, 0.15) is 17.9 Å². The second kappa shape index (κ2) is 31.8. The maximum Gasteiger partial charge on any atom is 0.213 e. The van der Waals surface area contributed by atoms with Crippen molar-refractivity contribution in [2.24, 2.45) is 10.1 Å². The number of allylic oxidation sites excluding steroid dienone is 11. The summed E-state index contributed by atoms with van der Waals surface area (Å²) >= 11 is 0. The molecule has 50 heavy (non-hydrogen) atoms. The number of hydrogen-bond donors (Lipinski definition) is 1. The number of ether oxygens (including phenoxy) is 2. The topological polar surface area (TPSA) is 70.9 Å². The molecule has 0 spiro atoms. The van der Waals surface area contributed by atoms with Crippen molar-refractivity contribution in [1.29, 1.82) is 0 Å². The van der Waals surface area contributed by atoms with Crippen molar-refractivity contribution in [3.63, 3.8) is 0 Å². The Labute approximate surface area is 302 Å². The molecule has 0 bridgehead atoms. The second-order valence-corrected chi connectivity index (χ2v) is 10.9. The van der Waals surface area contributed by atoms with E-state index in [0.717, 1.165) is 75.5 Å². The summed E-state index contributed by atoms with van der Waals surface area (Å²) in [6.45, 7) is 20.2. The largest absolute Gasteiger partial charge is 0.495 e. The van der Waals surface area contributed by atoms with Gasteiger partial charge >= 0.3 is 0 Å². The molecule has 0 saturated carbocycles. The van der Waals surface area contributed by atoms with E-state index in [9.17, 15) is 4.39 Å². The lowest BCUT2D eigenvalue weighted by molar-refractivity contribution is 0.0114. The van der Waals surface area contributed by atoms with Crippen LogP contribution in [0.4, 0.5) is 10.1 Å². The molecule has 1 aliphatic heterocycles. The van der Waals surface area contributed by atoms with Gasteiger partial charge in [0.2, 0.25) is 6.23 Å². The van der Waals surface area contributed by atoms with Gasteiger partial charge in [0.05, 0.1) is 25.9 Å². The summed E-state index contributed by atoms with van der Waals surface area (Å²) in [5.41, 5.74) is 3.57. The van der Waals surface area contributed by atoms with Crippen molar-refractivity contribution in [3.8, 4) is 5.75 Å². The molecule has 0 fully saturated rings. The Kier molecular flexibility index (Phi) is 28.9. The van der Waals surface area contributed by atoms with Crippen molar-refractivity contribution >= 4 is 24.8 Å². The van der Waals surface area contributed by atoms with Crippen molar-refractivity contribution in [3.05, 3.63) is 115 Å². The van der Waals surface area contributed by atoms with Crippen LogP contribution in [0.5, 0.6) is 5.75 Å². The molecule has 1 atom stereocenters. The van der Waals surface area contributed by atoms with Crippen LogP contribution in [-0.4, -0.2) is 78.2 Å². The maximum absolute atomic E-state index is 12.2. The minimum Gasteiger partial charge on any atom is -0.495 e. The molecular formula is C41H62FN5O3. The van der Waals surface area contributed by atoms with Crippen LogP contribution < -0.4 is 15.0 Å². The monoisotopic (exact) mass is 691 g/mol. The summed E-state index contributed by atoms with van der Waals surface area (Å²) in [5, 5.41) is 7.47. The molecule has 1 aromatic rings. The molecule has 8 nitrogen and oxygen atoms in total. The molecule has 1 aromatic carbocycles. The molecule has 0 unspecified atom stereocenters. The van der Waals surface area contributed by atoms with Gasteiger partial charge in [-0.05, 0) is 82.1 Å². The highest BCUT2D eigenvalue weighted by Crippen LogP contribution is 2.29. The molecular weight excluding hydrogens is 629 g/mol. The molecule has 0 aromatic heterocycles. The highest BCUT2D eigenvalue weighted by atomic mass is 19.1. The number of nitrogens with one attached hydrogen (secondary N) is 1. The Morgan fingerprint density at radius 3 is 2.64 bits per heavy atom. The molecule has 1 N–H and O–H groups in total. The Hall–Kier alpha value is -4.47. The summed E-state index contributed by atoms with van der Waals surface area (Å²) in [6, 6.07) is 6.32. The van der Waals surface area contributed by atoms with E-state index in [-0.39, 0.29) is 12.1 Å². The number of rotatable bonds is 19. The number of oxime groups is 1. The number of hydrogen-bond acceptors (Lipinski definition) is 8. The molecule has 1 aliphatic carbocycles. The van der Waals surface area contributed by atoms with Gasteiger partial charge in [-0.2, -0.15) is 0 Å². The van der Waals surface area contributed by atoms with Crippen molar-refractivity contribution < 1.29 is 18.7 Å². The van der Waals surface area contributed by atoms with Crippen LogP contribution in [0, 0.1) is 0 Å². The predicted molar refractivity (Wildman–Crippen MR) is 215 cm³/mol. The zero-order chi connectivity index (χ0) is 37.2. The highest BCUT2D eigenvalue weighted by Gasteiger charge is 2.21. The first-order valence-corrected chi connectivity index (χ1v) is 17.3. The number of halogens is 1. The molecule has 0 saturated heterocycles. The number of benzene rings is 1. The van der Waals surface area contributed by atoms with E-state index in [0.29, 0.717) is 6.42 Å². The van der Waals surface area contributed by atoms with E-state index in [1.807, 2.05) is 58.3 Å². The lowest BCUT2D eigenvalue weighted by Crippen LogP contribution is -2.40. The summed E-state index contributed by atoms with van der Waals surface area (Å²) in [6.07, 6.45) is 28.2. The minimum atomic E-state index is -0.144. The molecule has 2 aliphatic rings. The molecule has 1 heterocycles. The average molecular weight is 692 g/mol. The number of nitrogens with zero attached hydrogens (tertiary/aromatic N) is 4. The smallest absolute Gasteiger partial charge is 0.213 e. The molecule has 9 heteroatoms. The fourth-order valence-electron chi connectivity index (χ4n) is 4.35. The SMILES string of the molecule is C=C/C=C\C=C/CCOCCCNC[C@@H]1ON=CN1CCC/C(C)=C\c1ccc(N(C)C)c(OC)c1.C=CN=C.CC.FC1=CCC=CC=C1. The van der Waals surface area contributed by atoms with Crippen molar-refractivity contribution in [2.75, 3.05) is 59.0 Å². The summed E-state index contributed by atoms with van der Waals surface area (Å²) in [5.74, 6) is 0.744. The maximum atomic E-state index is 12.2. The zero-order valence-corrected chi connectivity index (χ0v) is 31.4. The summed E-state index contributed by atoms with van der Waals surface area (Å²) in [7, 11) is 5.76. The van der Waals surface area contributed by atoms with E-state index in [2.05, 4.69) is 82.4 Å². The third kappa shape index (κ3) is 23.0.